The van der Waals surface area contributed by atoms with Gasteiger partial charge in [0.05, 0.1) is 11.1 Å². The number of aryl methyl sites for hydroxylation is 2. The van der Waals surface area contributed by atoms with E-state index in [1.165, 1.54) is 95.2 Å². The first-order chi connectivity index (χ1) is 39.4. The second kappa shape index (κ2) is 20.4. The molecule has 14 rings (SSSR count). The predicted molar refractivity (Wildman–Crippen MR) is 348 cm³/mol. The average molecular weight is 1280 g/mol. The van der Waals surface area contributed by atoms with Crippen LogP contribution in [0.25, 0.3) is 83.1 Å². The predicted octanol–water partition coefficient (Wildman–Crippen LogP) is 18.3. The normalized spacial score (nSPS) is 13.0. The number of aromatic nitrogens is 3. The molecule has 421 valence electrons. The molecule has 0 aliphatic carbocycles. The summed E-state index contributed by atoms with van der Waals surface area (Å²) in [6.07, 6.45) is 3.65. The number of hydrogen-bond acceptors (Lipinski definition) is 4. The van der Waals surface area contributed by atoms with Gasteiger partial charge in [-0.05, 0) is 163 Å². The third-order valence-electron chi connectivity index (χ3n) is 17.4. The summed E-state index contributed by atoms with van der Waals surface area (Å²) >= 11 is 0. The summed E-state index contributed by atoms with van der Waals surface area (Å²) in [5.74, 6) is -0.275. The fraction of sp³-hybridized carbons (Fsp3) is 0.237. The van der Waals surface area contributed by atoms with E-state index in [1.807, 2.05) is 56.6 Å². The Morgan fingerprint density at radius 1 is 0.524 bits per heavy atom. The van der Waals surface area contributed by atoms with Gasteiger partial charge < -0.3 is 23.9 Å². The van der Waals surface area contributed by atoms with Gasteiger partial charge in [-0.2, -0.15) is 0 Å². The molecular weight excluding hydrogens is 1210 g/mol. The van der Waals surface area contributed by atoms with Crippen LogP contribution >= 0.6 is 0 Å². The number of hydrogen-bond donors (Lipinski definition) is 0. The Morgan fingerprint density at radius 2 is 1.20 bits per heavy atom. The molecule has 0 spiro atoms. The van der Waals surface area contributed by atoms with Crippen LogP contribution in [0.5, 0.6) is 0 Å². The molecule has 0 unspecified atom stereocenters. The number of anilines is 3. The SMILES string of the molecule is CC(C)(C)c1ccc(N2c3ccc(C(C)(C)C)cc3B3c4c2cc(-c2ccc5c(c2)oc2c(-c6ccccn6)[c-]ccc25)cc4-n2c4ccc(C(C)(C)C)cc4c4cc(C(C)(C)C)cc3c42)cc1.Cc1cnc(-c2[c-]cc(F)cc2)cc1C.[Ir]. The Morgan fingerprint density at radius 3 is 1.88 bits per heavy atom. The van der Waals surface area contributed by atoms with Crippen molar-refractivity contribution in [1.82, 2.24) is 14.5 Å². The molecule has 4 aromatic heterocycles. The number of fused-ring (bicyclic) bond motifs is 10. The van der Waals surface area contributed by atoms with E-state index in [9.17, 15) is 4.39 Å². The molecule has 2 aliphatic rings. The van der Waals surface area contributed by atoms with Crippen LogP contribution in [0.4, 0.5) is 21.5 Å². The Balaban J connectivity index is 0.000000378. The number of halogens is 1. The molecule has 0 N–H and O–H groups in total. The van der Waals surface area contributed by atoms with Crippen molar-refractivity contribution in [3.8, 4) is 39.3 Å². The maximum Gasteiger partial charge on any atom is 0.252 e. The van der Waals surface area contributed by atoms with Gasteiger partial charge in [-0.25, -0.2) is 0 Å². The van der Waals surface area contributed by atoms with Crippen LogP contribution in [0.15, 0.2) is 175 Å². The van der Waals surface area contributed by atoms with Gasteiger partial charge in [-0.3, -0.25) is 4.39 Å². The molecule has 0 saturated heterocycles. The van der Waals surface area contributed by atoms with Crippen LogP contribution in [0, 0.1) is 31.8 Å². The van der Waals surface area contributed by atoms with Crippen LogP contribution < -0.4 is 21.3 Å². The van der Waals surface area contributed by atoms with Crippen LogP contribution in [-0.4, -0.2) is 21.2 Å². The topological polar surface area (TPSA) is 47.1 Å². The quantitative estimate of drug-likeness (QED) is 0.130. The van der Waals surface area contributed by atoms with Gasteiger partial charge in [0.15, 0.2) is 0 Å². The second-order valence-electron chi connectivity index (χ2n) is 27.2. The van der Waals surface area contributed by atoms with Crippen molar-refractivity contribution in [1.29, 1.82) is 0 Å². The molecule has 2 aliphatic heterocycles. The van der Waals surface area contributed by atoms with E-state index in [-0.39, 0.29) is 54.3 Å². The summed E-state index contributed by atoms with van der Waals surface area (Å²) in [4.78, 5) is 11.5. The molecule has 8 heteroatoms. The molecule has 84 heavy (non-hydrogen) atoms. The van der Waals surface area contributed by atoms with E-state index in [0.29, 0.717) is 0 Å². The van der Waals surface area contributed by atoms with E-state index in [2.05, 4.69) is 224 Å². The van der Waals surface area contributed by atoms with Crippen molar-refractivity contribution < 1.29 is 28.9 Å². The van der Waals surface area contributed by atoms with E-state index in [4.69, 9.17) is 4.42 Å². The number of rotatable bonds is 4. The first kappa shape index (κ1) is 56.6. The zero-order valence-electron chi connectivity index (χ0n) is 50.7. The summed E-state index contributed by atoms with van der Waals surface area (Å²) in [6, 6.07) is 63.4. The van der Waals surface area contributed by atoms with Gasteiger partial charge in [0.2, 0.25) is 0 Å². The number of furan rings is 1. The van der Waals surface area contributed by atoms with Gasteiger partial charge in [0.1, 0.15) is 5.58 Å². The minimum Gasteiger partial charge on any atom is -0.501 e. The molecule has 0 fully saturated rings. The monoisotopic (exact) mass is 1280 g/mol. The first-order valence-electron chi connectivity index (χ1n) is 29.2. The van der Waals surface area contributed by atoms with Crippen LogP contribution in [0.3, 0.4) is 0 Å². The van der Waals surface area contributed by atoms with Gasteiger partial charge in [0.25, 0.3) is 6.71 Å². The summed E-state index contributed by atoms with van der Waals surface area (Å²) < 4.78 is 22.2. The zero-order valence-corrected chi connectivity index (χ0v) is 53.0. The van der Waals surface area contributed by atoms with Crippen molar-refractivity contribution >= 4 is 83.9 Å². The summed E-state index contributed by atoms with van der Waals surface area (Å²) in [7, 11) is 0. The Labute approximate surface area is 508 Å². The number of nitrogens with zero attached hydrogens (tertiary/aromatic N) is 4. The molecule has 1 radical (unpaired) electrons. The van der Waals surface area contributed by atoms with Crippen LogP contribution in [-0.2, 0) is 41.8 Å². The molecule has 12 aromatic rings. The third kappa shape index (κ3) is 9.70. The maximum absolute atomic E-state index is 12.7. The fourth-order valence-corrected chi connectivity index (χ4v) is 12.4. The molecule has 0 saturated carbocycles. The fourth-order valence-electron chi connectivity index (χ4n) is 12.4. The van der Waals surface area contributed by atoms with E-state index < -0.39 is 0 Å². The Hall–Kier alpha value is -7.90. The second-order valence-corrected chi connectivity index (χ2v) is 27.2. The standard InChI is InChI=1S/C63H59BN3O.C13H11FN.Ir/c1-60(2,3)39-20-24-43(25-21-39)66-53-28-23-41(62(7,8)9)35-49(53)64-50-36-42(63(10,11)12)34-48-47-33-40(61(4,5)6)22-27-52(47)67(58(48)50)55-31-38(30-54(66)57(55)64)37-19-26-44-45-16-15-17-46(51-18-13-14-29-65-51)59(45)68-56(44)32-37;1-9-7-13(15-8-10(9)2)11-3-5-12(14)6-4-11;/h13-16,18-36H,1-12H3;3,5-8H,1-2H3;/q2*-1;. The number of benzene rings is 8. The van der Waals surface area contributed by atoms with Crippen molar-refractivity contribution in [3.63, 3.8) is 0 Å². The van der Waals surface area contributed by atoms with Crippen molar-refractivity contribution in [2.75, 3.05) is 4.90 Å². The average Bonchev–Trinajstić information content (AvgIpc) is 1.32. The molecule has 0 bridgehead atoms. The summed E-state index contributed by atoms with van der Waals surface area (Å²) in [5, 5.41) is 4.77. The molecular formula is C76H70BFIrN4O-2. The van der Waals surface area contributed by atoms with Crippen LogP contribution in [0.1, 0.15) is 116 Å². The van der Waals surface area contributed by atoms with Crippen molar-refractivity contribution in [2.24, 2.45) is 0 Å². The molecule has 8 aromatic carbocycles. The van der Waals surface area contributed by atoms with Crippen molar-refractivity contribution in [3.05, 3.63) is 221 Å². The molecule has 0 amide bonds. The minimum atomic E-state index is -0.275. The van der Waals surface area contributed by atoms with Crippen molar-refractivity contribution in [2.45, 2.75) is 119 Å². The first-order valence-corrected chi connectivity index (χ1v) is 29.2. The Kier molecular flexibility index (Phi) is 13.8. The maximum atomic E-state index is 12.7. The molecule has 6 heterocycles. The van der Waals surface area contributed by atoms with E-state index in [1.54, 1.807) is 6.07 Å². The van der Waals surface area contributed by atoms with Gasteiger partial charge >= 0.3 is 0 Å². The van der Waals surface area contributed by atoms with Gasteiger partial charge in [0, 0.05) is 82.7 Å². The smallest absolute Gasteiger partial charge is 0.252 e. The largest absolute Gasteiger partial charge is 0.501 e. The third-order valence-corrected chi connectivity index (χ3v) is 17.4. The van der Waals surface area contributed by atoms with E-state index in [0.717, 1.165) is 66.8 Å². The minimum absolute atomic E-state index is 0. The van der Waals surface area contributed by atoms with Crippen LogP contribution in [0.2, 0.25) is 0 Å². The van der Waals surface area contributed by atoms with Gasteiger partial charge in [-0.1, -0.05) is 166 Å². The summed E-state index contributed by atoms with van der Waals surface area (Å²) in [6.45, 7) is 32.0. The van der Waals surface area contributed by atoms with E-state index >= 15 is 0 Å². The molecule has 0 atom stereocenters. The summed E-state index contributed by atoms with van der Waals surface area (Å²) in [5.41, 5.74) is 26.3. The Bertz CT molecular complexity index is 4570. The number of pyridine rings is 2. The molecule has 5 nitrogen and oxygen atoms in total. The zero-order chi connectivity index (χ0) is 58.2. The van der Waals surface area contributed by atoms with Gasteiger partial charge in [-0.15, -0.1) is 48.0 Å².